The molecular formula is C16H19F3N4O2. The molecule has 0 saturated carbocycles. The molecule has 1 aliphatic heterocycles. The van der Waals surface area contributed by atoms with E-state index in [1.54, 1.807) is 4.90 Å². The number of nitrogens with zero attached hydrogens (tertiary/aromatic N) is 4. The van der Waals surface area contributed by atoms with Gasteiger partial charge in [-0.2, -0.15) is 18.3 Å². The lowest BCUT2D eigenvalue weighted by Gasteiger charge is -2.23. The Balaban J connectivity index is 1.97. The average molecular weight is 356 g/mol. The van der Waals surface area contributed by atoms with Gasteiger partial charge in [-0.3, -0.25) is 4.79 Å². The van der Waals surface area contributed by atoms with Gasteiger partial charge in [-0.1, -0.05) is 0 Å². The van der Waals surface area contributed by atoms with Crippen molar-refractivity contribution in [1.82, 2.24) is 19.5 Å². The first-order chi connectivity index (χ1) is 11.8. The number of amides is 1. The van der Waals surface area contributed by atoms with Gasteiger partial charge in [-0.05, 0) is 32.8 Å². The number of fused-ring (bicyclic) bond motifs is 1. The van der Waals surface area contributed by atoms with Crippen LogP contribution in [0.5, 0.6) is 0 Å². The maximum atomic E-state index is 13.2. The number of ether oxygens (including phenoxy) is 1. The molecular weight excluding hydrogens is 337 g/mol. The van der Waals surface area contributed by atoms with E-state index in [1.807, 2.05) is 6.92 Å². The van der Waals surface area contributed by atoms with E-state index in [0.717, 1.165) is 25.1 Å². The molecule has 1 unspecified atom stereocenters. The number of alkyl halides is 3. The molecule has 2 aromatic rings. The van der Waals surface area contributed by atoms with Gasteiger partial charge in [0, 0.05) is 25.4 Å². The highest BCUT2D eigenvalue weighted by Gasteiger charge is 2.36. The van der Waals surface area contributed by atoms with Gasteiger partial charge in [0.05, 0.1) is 12.3 Å². The molecule has 0 aliphatic carbocycles. The van der Waals surface area contributed by atoms with Crippen molar-refractivity contribution in [3.8, 4) is 0 Å². The molecule has 0 aromatic carbocycles. The Morgan fingerprint density at radius 2 is 2.24 bits per heavy atom. The Morgan fingerprint density at radius 1 is 1.48 bits per heavy atom. The van der Waals surface area contributed by atoms with E-state index in [-0.39, 0.29) is 28.9 Å². The molecule has 3 rings (SSSR count). The molecule has 0 N–H and O–H groups in total. The van der Waals surface area contributed by atoms with Crippen molar-refractivity contribution in [3.05, 3.63) is 29.2 Å². The summed E-state index contributed by atoms with van der Waals surface area (Å²) in [6, 6.07) is 0.915. The zero-order valence-electron chi connectivity index (χ0n) is 14.0. The molecule has 0 radical (unpaired) electrons. The quantitative estimate of drug-likeness (QED) is 0.845. The number of carbonyl (C=O) groups excluding carboxylic acids is 1. The van der Waals surface area contributed by atoms with Crippen LogP contribution in [0.15, 0.2) is 12.3 Å². The minimum atomic E-state index is -4.58. The lowest BCUT2D eigenvalue weighted by Crippen LogP contribution is -2.37. The van der Waals surface area contributed by atoms with Crippen molar-refractivity contribution >= 4 is 11.6 Å². The largest absolute Gasteiger partial charge is 0.433 e. The first kappa shape index (κ1) is 17.7. The van der Waals surface area contributed by atoms with Gasteiger partial charge in [0.15, 0.2) is 5.65 Å². The summed E-state index contributed by atoms with van der Waals surface area (Å²) in [5.74, 6) is -0.390. The van der Waals surface area contributed by atoms with Crippen LogP contribution in [0, 0.1) is 6.92 Å². The van der Waals surface area contributed by atoms with Crippen molar-refractivity contribution in [2.75, 3.05) is 19.7 Å². The number of aromatic nitrogens is 3. The van der Waals surface area contributed by atoms with Gasteiger partial charge in [0.2, 0.25) is 0 Å². The molecule has 1 fully saturated rings. The summed E-state index contributed by atoms with van der Waals surface area (Å²) >= 11 is 0. The highest BCUT2D eigenvalue weighted by atomic mass is 19.4. The predicted molar refractivity (Wildman–Crippen MR) is 83.3 cm³/mol. The summed E-state index contributed by atoms with van der Waals surface area (Å²) in [5.41, 5.74) is -0.787. The van der Waals surface area contributed by atoms with Gasteiger partial charge in [0.1, 0.15) is 11.3 Å². The van der Waals surface area contributed by atoms with E-state index in [1.165, 1.54) is 6.92 Å². The monoisotopic (exact) mass is 356 g/mol. The number of hydrogen-bond acceptors (Lipinski definition) is 4. The number of rotatable bonds is 4. The van der Waals surface area contributed by atoms with E-state index in [9.17, 15) is 18.0 Å². The first-order valence-electron chi connectivity index (χ1n) is 8.14. The molecule has 2 aromatic heterocycles. The van der Waals surface area contributed by atoms with Crippen LogP contribution >= 0.6 is 0 Å². The fourth-order valence-electron chi connectivity index (χ4n) is 3.00. The van der Waals surface area contributed by atoms with Crippen LogP contribution in [0.4, 0.5) is 13.2 Å². The molecule has 3 heterocycles. The molecule has 1 amide bonds. The standard InChI is InChI=1S/C16H19F3N4O2/c1-3-22(9-11-5-4-6-25-11)15(24)12-8-20-23-13(16(17,18)19)7-10(2)21-14(12)23/h7-8,11H,3-6,9H2,1-2H3. The third kappa shape index (κ3) is 3.46. The van der Waals surface area contributed by atoms with E-state index < -0.39 is 11.9 Å². The Morgan fingerprint density at radius 3 is 2.84 bits per heavy atom. The van der Waals surface area contributed by atoms with Crippen LogP contribution in [0.1, 0.15) is 41.5 Å². The lowest BCUT2D eigenvalue weighted by atomic mass is 10.2. The second-order valence-corrected chi connectivity index (χ2v) is 6.05. The summed E-state index contributed by atoms with van der Waals surface area (Å²) in [6.45, 7) is 4.78. The first-order valence-corrected chi connectivity index (χ1v) is 8.14. The Bertz CT molecular complexity index is 782. The second-order valence-electron chi connectivity index (χ2n) is 6.05. The maximum absolute atomic E-state index is 13.2. The van der Waals surface area contributed by atoms with Crippen LogP contribution in [0.2, 0.25) is 0 Å². The SMILES string of the molecule is CCN(CC1CCCO1)C(=O)c1cnn2c(C(F)(F)F)cc(C)nc12. The van der Waals surface area contributed by atoms with E-state index in [2.05, 4.69) is 10.1 Å². The number of carbonyl (C=O) groups is 1. The van der Waals surface area contributed by atoms with Crippen molar-refractivity contribution in [3.63, 3.8) is 0 Å². The Hall–Kier alpha value is -2.16. The molecule has 0 spiro atoms. The molecule has 136 valence electrons. The minimum Gasteiger partial charge on any atom is -0.376 e. The van der Waals surface area contributed by atoms with E-state index in [0.29, 0.717) is 24.2 Å². The molecule has 9 heteroatoms. The molecule has 1 atom stereocenters. The van der Waals surface area contributed by atoms with Crippen molar-refractivity contribution < 1.29 is 22.7 Å². The van der Waals surface area contributed by atoms with Crippen LogP contribution in [-0.4, -0.2) is 51.2 Å². The van der Waals surface area contributed by atoms with E-state index >= 15 is 0 Å². The van der Waals surface area contributed by atoms with Crippen LogP contribution in [-0.2, 0) is 10.9 Å². The summed E-state index contributed by atoms with van der Waals surface area (Å²) in [6.07, 6.45) is -1.65. The summed E-state index contributed by atoms with van der Waals surface area (Å²) in [5, 5.41) is 3.75. The smallest absolute Gasteiger partial charge is 0.376 e. The fraction of sp³-hybridized carbons (Fsp3) is 0.562. The van der Waals surface area contributed by atoms with Crippen molar-refractivity contribution in [2.45, 2.75) is 39.0 Å². The predicted octanol–water partition coefficient (Wildman–Crippen LogP) is 2.70. The zero-order valence-corrected chi connectivity index (χ0v) is 14.0. The van der Waals surface area contributed by atoms with Crippen LogP contribution in [0.3, 0.4) is 0 Å². The van der Waals surface area contributed by atoms with Crippen LogP contribution in [0.25, 0.3) is 5.65 Å². The van der Waals surface area contributed by atoms with Gasteiger partial charge >= 0.3 is 6.18 Å². The summed E-state index contributed by atoms with van der Waals surface area (Å²) < 4.78 is 45.8. The fourth-order valence-corrected chi connectivity index (χ4v) is 3.00. The van der Waals surface area contributed by atoms with Gasteiger partial charge in [-0.15, -0.1) is 0 Å². The topological polar surface area (TPSA) is 59.7 Å². The molecule has 25 heavy (non-hydrogen) atoms. The number of hydrogen-bond donors (Lipinski definition) is 0. The van der Waals surface area contributed by atoms with Gasteiger partial charge in [0.25, 0.3) is 5.91 Å². The lowest BCUT2D eigenvalue weighted by molar-refractivity contribution is -0.142. The zero-order chi connectivity index (χ0) is 18.2. The number of likely N-dealkylation sites (N-methyl/N-ethyl adjacent to an activating group) is 1. The maximum Gasteiger partial charge on any atom is 0.433 e. The van der Waals surface area contributed by atoms with Crippen molar-refractivity contribution in [1.29, 1.82) is 0 Å². The van der Waals surface area contributed by atoms with Gasteiger partial charge in [-0.25, -0.2) is 9.50 Å². The Kier molecular flexibility index (Phi) is 4.68. The van der Waals surface area contributed by atoms with Crippen LogP contribution < -0.4 is 0 Å². The molecule has 1 aliphatic rings. The van der Waals surface area contributed by atoms with Gasteiger partial charge < -0.3 is 9.64 Å². The minimum absolute atomic E-state index is 0.0360. The second kappa shape index (κ2) is 6.62. The Labute approximate surface area is 142 Å². The third-order valence-electron chi connectivity index (χ3n) is 4.24. The summed E-state index contributed by atoms with van der Waals surface area (Å²) in [7, 11) is 0. The normalized spacial score (nSPS) is 18.0. The molecule has 1 saturated heterocycles. The third-order valence-corrected chi connectivity index (χ3v) is 4.24. The van der Waals surface area contributed by atoms with E-state index in [4.69, 9.17) is 4.74 Å². The van der Waals surface area contributed by atoms with Crippen molar-refractivity contribution in [2.24, 2.45) is 0 Å². The highest BCUT2D eigenvalue weighted by Crippen LogP contribution is 2.30. The number of halogens is 3. The summed E-state index contributed by atoms with van der Waals surface area (Å²) in [4.78, 5) is 18.5. The average Bonchev–Trinajstić information content (AvgIpc) is 3.19. The number of aryl methyl sites for hydroxylation is 1. The molecule has 0 bridgehead atoms. The molecule has 6 nitrogen and oxygen atoms in total. The highest BCUT2D eigenvalue weighted by molar-refractivity contribution is 5.99.